The van der Waals surface area contributed by atoms with Crippen molar-refractivity contribution in [2.75, 3.05) is 6.26 Å². The van der Waals surface area contributed by atoms with Gasteiger partial charge in [-0.15, -0.1) is 0 Å². The topological polar surface area (TPSA) is 46.0 Å². The standard InChI is InChI=1S/C3H3NO2.CH4S/c5-3-4-1-2-6-3;1-2/h1-2H,(H,4,5);2H,1H3. The van der Waals surface area contributed by atoms with Crippen LogP contribution in [0.1, 0.15) is 0 Å². The number of aromatic nitrogens is 1. The summed E-state index contributed by atoms with van der Waals surface area (Å²) >= 11 is 3.53. The van der Waals surface area contributed by atoms with Crippen molar-refractivity contribution >= 4 is 12.6 Å². The van der Waals surface area contributed by atoms with Crippen LogP contribution < -0.4 is 5.76 Å². The minimum absolute atomic E-state index is 0.407. The second-order valence-electron chi connectivity index (χ2n) is 0.852. The van der Waals surface area contributed by atoms with E-state index >= 15 is 0 Å². The Bertz CT molecular complexity index is 152. The van der Waals surface area contributed by atoms with E-state index in [0.717, 1.165) is 0 Å². The summed E-state index contributed by atoms with van der Waals surface area (Å²) < 4.78 is 4.22. The number of nitrogens with one attached hydrogen (secondary N) is 1. The number of aromatic amines is 1. The molecule has 4 heteroatoms. The summed E-state index contributed by atoms with van der Waals surface area (Å²) in [6.45, 7) is 0. The predicted molar refractivity (Wildman–Crippen MR) is 34.2 cm³/mol. The summed E-state index contributed by atoms with van der Waals surface area (Å²) in [7, 11) is 0. The molecule has 3 nitrogen and oxygen atoms in total. The second kappa shape index (κ2) is 4.52. The SMILES string of the molecule is CS.O=c1[nH]cco1. The van der Waals surface area contributed by atoms with E-state index < -0.39 is 5.76 Å². The molecule has 46 valence electrons. The van der Waals surface area contributed by atoms with Crippen molar-refractivity contribution in [2.45, 2.75) is 0 Å². The molecular formula is C4H7NO2S. The van der Waals surface area contributed by atoms with Crippen LogP contribution in [0, 0.1) is 0 Å². The molecule has 0 aliphatic carbocycles. The van der Waals surface area contributed by atoms with Crippen molar-refractivity contribution in [1.82, 2.24) is 4.98 Å². The Morgan fingerprint density at radius 2 is 2.38 bits per heavy atom. The van der Waals surface area contributed by atoms with Crippen LogP contribution >= 0.6 is 12.6 Å². The zero-order valence-corrected chi connectivity index (χ0v) is 5.31. The fourth-order valence-electron chi connectivity index (χ4n) is 0.232. The Labute approximate surface area is 52.1 Å². The maximum Gasteiger partial charge on any atom is 0.416 e. The average Bonchev–Trinajstić information content (AvgIpc) is 2.24. The fourth-order valence-corrected chi connectivity index (χ4v) is 0.232. The van der Waals surface area contributed by atoms with Crippen LogP contribution in [0.2, 0.25) is 0 Å². The highest BCUT2D eigenvalue weighted by Gasteiger charge is 1.72. The smallest absolute Gasteiger partial charge is 0.416 e. The molecule has 0 aromatic carbocycles. The lowest BCUT2D eigenvalue weighted by Crippen LogP contribution is -1.91. The molecule has 0 aliphatic rings. The summed E-state index contributed by atoms with van der Waals surface area (Å²) in [6, 6.07) is 0. The van der Waals surface area contributed by atoms with Crippen LogP contribution in [0.3, 0.4) is 0 Å². The van der Waals surface area contributed by atoms with Gasteiger partial charge in [0.15, 0.2) is 0 Å². The average molecular weight is 133 g/mol. The maximum atomic E-state index is 9.85. The normalized spacial score (nSPS) is 7.25. The van der Waals surface area contributed by atoms with Crippen LogP contribution in [0.25, 0.3) is 0 Å². The Hall–Kier alpha value is -0.640. The van der Waals surface area contributed by atoms with Crippen LogP contribution in [-0.2, 0) is 0 Å². The van der Waals surface area contributed by atoms with Gasteiger partial charge in [0.05, 0.1) is 0 Å². The number of hydrogen-bond acceptors (Lipinski definition) is 3. The lowest BCUT2D eigenvalue weighted by Gasteiger charge is -1.51. The summed E-state index contributed by atoms with van der Waals surface area (Å²) in [6.07, 6.45) is 4.42. The molecule has 1 heterocycles. The first-order valence-electron chi connectivity index (χ1n) is 1.96. The van der Waals surface area contributed by atoms with Crippen molar-refractivity contribution in [3.63, 3.8) is 0 Å². The Morgan fingerprint density at radius 3 is 2.50 bits per heavy atom. The molecule has 1 rings (SSSR count). The summed E-state index contributed by atoms with van der Waals surface area (Å²) in [4.78, 5) is 12.1. The highest BCUT2D eigenvalue weighted by Crippen LogP contribution is 1.62. The minimum atomic E-state index is -0.407. The lowest BCUT2D eigenvalue weighted by molar-refractivity contribution is 0.515. The van der Waals surface area contributed by atoms with E-state index in [1.807, 2.05) is 0 Å². The fraction of sp³-hybridized carbons (Fsp3) is 0.250. The van der Waals surface area contributed by atoms with Crippen molar-refractivity contribution < 1.29 is 4.42 Å². The van der Waals surface area contributed by atoms with Crippen LogP contribution in [0.4, 0.5) is 0 Å². The molecule has 0 aliphatic heterocycles. The van der Waals surface area contributed by atoms with Gasteiger partial charge in [0, 0.05) is 6.20 Å². The second-order valence-corrected chi connectivity index (χ2v) is 0.852. The monoisotopic (exact) mass is 133 g/mol. The first-order chi connectivity index (χ1) is 3.89. The molecule has 0 atom stereocenters. The number of thiol groups is 1. The molecule has 0 spiro atoms. The van der Waals surface area contributed by atoms with E-state index in [1.54, 1.807) is 6.26 Å². The number of oxazole rings is 1. The van der Waals surface area contributed by atoms with Gasteiger partial charge in [-0.25, -0.2) is 4.79 Å². The molecule has 1 N–H and O–H groups in total. The molecule has 0 amide bonds. The molecule has 0 fully saturated rings. The largest absolute Gasteiger partial charge is 0.417 e. The van der Waals surface area contributed by atoms with E-state index in [-0.39, 0.29) is 0 Å². The van der Waals surface area contributed by atoms with Crippen molar-refractivity contribution in [3.05, 3.63) is 23.0 Å². The van der Waals surface area contributed by atoms with Crippen molar-refractivity contribution in [1.29, 1.82) is 0 Å². The maximum absolute atomic E-state index is 9.85. The van der Waals surface area contributed by atoms with E-state index in [4.69, 9.17) is 0 Å². The number of hydrogen-bond donors (Lipinski definition) is 2. The van der Waals surface area contributed by atoms with Gasteiger partial charge in [-0.2, -0.15) is 12.6 Å². The molecule has 8 heavy (non-hydrogen) atoms. The van der Waals surface area contributed by atoms with Gasteiger partial charge in [-0.3, -0.25) is 4.98 Å². The molecule has 1 aromatic rings. The Balaban J connectivity index is 0.000000222. The lowest BCUT2D eigenvalue weighted by atomic mass is 11.0. The minimum Gasteiger partial charge on any atom is -0.417 e. The van der Waals surface area contributed by atoms with Gasteiger partial charge in [-0.1, -0.05) is 0 Å². The van der Waals surface area contributed by atoms with E-state index in [2.05, 4.69) is 22.0 Å². The van der Waals surface area contributed by atoms with Gasteiger partial charge in [0.2, 0.25) is 0 Å². The van der Waals surface area contributed by atoms with E-state index in [9.17, 15) is 4.79 Å². The molecule has 0 saturated carbocycles. The third-order valence-electron chi connectivity index (χ3n) is 0.444. The molecule has 1 aromatic heterocycles. The predicted octanol–water partition coefficient (Wildman–Crippen LogP) is 0.514. The molecule has 0 saturated heterocycles. The Morgan fingerprint density at radius 1 is 1.75 bits per heavy atom. The van der Waals surface area contributed by atoms with E-state index in [0.29, 0.717) is 0 Å². The van der Waals surface area contributed by atoms with Crippen LogP contribution in [0.15, 0.2) is 21.7 Å². The highest BCUT2D eigenvalue weighted by atomic mass is 32.1. The van der Waals surface area contributed by atoms with Crippen LogP contribution in [0.5, 0.6) is 0 Å². The quantitative estimate of drug-likeness (QED) is 0.507. The zero-order valence-electron chi connectivity index (χ0n) is 4.42. The molecule has 0 unspecified atom stereocenters. The zero-order chi connectivity index (χ0) is 6.41. The van der Waals surface area contributed by atoms with E-state index in [1.165, 1.54) is 12.5 Å². The summed E-state index contributed by atoms with van der Waals surface area (Å²) in [5, 5.41) is 0. The number of H-pyrrole nitrogens is 1. The summed E-state index contributed by atoms with van der Waals surface area (Å²) in [5.74, 6) is -0.407. The number of rotatable bonds is 0. The first-order valence-corrected chi connectivity index (χ1v) is 2.86. The third-order valence-corrected chi connectivity index (χ3v) is 0.444. The van der Waals surface area contributed by atoms with Crippen molar-refractivity contribution in [2.24, 2.45) is 0 Å². The molecular weight excluding hydrogens is 126 g/mol. The highest BCUT2D eigenvalue weighted by molar-refractivity contribution is 7.79. The van der Waals surface area contributed by atoms with Crippen LogP contribution in [-0.4, -0.2) is 11.2 Å². The molecule has 0 bridgehead atoms. The third kappa shape index (κ3) is 2.52. The molecule has 0 radical (unpaired) electrons. The van der Waals surface area contributed by atoms with Gasteiger partial charge < -0.3 is 4.42 Å². The summed E-state index contributed by atoms with van der Waals surface area (Å²) in [5.41, 5.74) is 0. The van der Waals surface area contributed by atoms with Crippen molar-refractivity contribution in [3.8, 4) is 0 Å². The van der Waals surface area contributed by atoms with Gasteiger partial charge in [-0.05, 0) is 6.26 Å². The van der Waals surface area contributed by atoms with Gasteiger partial charge >= 0.3 is 5.76 Å². The van der Waals surface area contributed by atoms with Gasteiger partial charge in [0.25, 0.3) is 0 Å². The Kier molecular flexibility index (Phi) is 4.16. The van der Waals surface area contributed by atoms with Gasteiger partial charge in [0.1, 0.15) is 6.26 Å². The first kappa shape index (κ1) is 7.36.